The van der Waals surface area contributed by atoms with Crippen LogP contribution in [-0.4, -0.2) is 24.5 Å². The smallest absolute Gasteiger partial charge is 0.338 e. The van der Waals surface area contributed by atoms with Gasteiger partial charge in [0, 0.05) is 6.54 Å². The molecule has 1 amide bonds. The van der Waals surface area contributed by atoms with E-state index in [-0.39, 0.29) is 5.91 Å². The van der Waals surface area contributed by atoms with E-state index in [2.05, 4.69) is 25.2 Å². The van der Waals surface area contributed by atoms with Crippen molar-refractivity contribution in [1.29, 1.82) is 0 Å². The van der Waals surface area contributed by atoms with Crippen LogP contribution < -0.4 is 5.32 Å². The molecular formula is C21H29NO3. The van der Waals surface area contributed by atoms with Gasteiger partial charge < -0.3 is 10.1 Å². The van der Waals surface area contributed by atoms with Gasteiger partial charge in [-0.15, -0.1) is 0 Å². The van der Waals surface area contributed by atoms with Crippen LogP contribution in [-0.2, 0) is 9.53 Å². The summed E-state index contributed by atoms with van der Waals surface area (Å²) < 4.78 is 5.28. The van der Waals surface area contributed by atoms with E-state index in [1.165, 1.54) is 24.0 Å². The summed E-state index contributed by atoms with van der Waals surface area (Å²) in [5.41, 5.74) is 3.05. The van der Waals surface area contributed by atoms with E-state index >= 15 is 0 Å². The molecule has 1 N–H and O–H groups in total. The number of esters is 1. The van der Waals surface area contributed by atoms with Crippen molar-refractivity contribution >= 4 is 11.9 Å². The van der Waals surface area contributed by atoms with Crippen molar-refractivity contribution in [3.63, 3.8) is 0 Å². The Kier molecular flexibility index (Phi) is 7.23. The van der Waals surface area contributed by atoms with Gasteiger partial charge in [-0.25, -0.2) is 4.79 Å². The van der Waals surface area contributed by atoms with E-state index < -0.39 is 12.1 Å². The normalized spacial score (nSPS) is 15.4. The van der Waals surface area contributed by atoms with Gasteiger partial charge in [-0.1, -0.05) is 37.6 Å². The number of carbonyl (C=O) groups excluding carboxylic acids is 2. The molecule has 0 saturated heterocycles. The average Bonchev–Trinajstić information content (AvgIpc) is 2.62. The van der Waals surface area contributed by atoms with Crippen LogP contribution in [0.3, 0.4) is 0 Å². The molecule has 25 heavy (non-hydrogen) atoms. The summed E-state index contributed by atoms with van der Waals surface area (Å²) in [7, 11) is 0. The molecule has 1 aliphatic rings. The number of benzene rings is 1. The third-order valence-corrected chi connectivity index (χ3v) is 4.60. The van der Waals surface area contributed by atoms with Crippen LogP contribution in [0.25, 0.3) is 0 Å². The zero-order chi connectivity index (χ0) is 18.2. The molecule has 0 aromatic heterocycles. The number of carbonyl (C=O) groups is 2. The zero-order valence-corrected chi connectivity index (χ0v) is 15.5. The summed E-state index contributed by atoms with van der Waals surface area (Å²) in [6.07, 6.45) is 7.14. The molecule has 0 spiro atoms. The van der Waals surface area contributed by atoms with Crippen molar-refractivity contribution in [3.8, 4) is 0 Å². The van der Waals surface area contributed by atoms with Crippen LogP contribution >= 0.6 is 0 Å². The highest BCUT2D eigenvalue weighted by Crippen LogP contribution is 2.19. The number of amides is 1. The van der Waals surface area contributed by atoms with Crippen LogP contribution in [0.5, 0.6) is 0 Å². The zero-order valence-electron chi connectivity index (χ0n) is 15.5. The van der Waals surface area contributed by atoms with Gasteiger partial charge in [-0.3, -0.25) is 4.79 Å². The van der Waals surface area contributed by atoms with Crippen LogP contribution in [0.1, 0.15) is 74.7 Å². The average molecular weight is 343 g/mol. The molecule has 0 aliphatic heterocycles. The van der Waals surface area contributed by atoms with E-state index in [0.717, 1.165) is 19.3 Å². The van der Waals surface area contributed by atoms with E-state index in [1.807, 2.05) is 12.1 Å². The summed E-state index contributed by atoms with van der Waals surface area (Å²) >= 11 is 0. The first-order valence-corrected chi connectivity index (χ1v) is 9.24. The molecule has 1 aromatic carbocycles. The van der Waals surface area contributed by atoms with Gasteiger partial charge in [0.15, 0.2) is 6.10 Å². The first-order valence-electron chi connectivity index (χ1n) is 9.24. The maximum absolute atomic E-state index is 12.2. The quantitative estimate of drug-likeness (QED) is 0.591. The second-order valence-electron chi connectivity index (χ2n) is 6.97. The van der Waals surface area contributed by atoms with Gasteiger partial charge in [0.1, 0.15) is 0 Å². The lowest BCUT2D eigenvalue weighted by Gasteiger charge is -2.16. The number of hydrogen-bond donors (Lipinski definition) is 1. The second kappa shape index (κ2) is 9.40. The largest absolute Gasteiger partial charge is 0.449 e. The van der Waals surface area contributed by atoms with Crippen LogP contribution in [0.15, 0.2) is 35.9 Å². The Morgan fingerprint density at radius 2 is 1.84 bits per heavy atom. The molecule has 0 bridgehead atoms. The number of hydrogen-bond acceptors (Lipinski definition) is 3. The Morgan fingerprint density at radius 3 is 2.44 bits per heavy atom. The first kappa shape index (κ1) is 19.2. The fourth-order valence-electron chi connectivity index (χ4n) is 2.91. The molecule has 1 aromatic rings. The predicted octanol–water partition coefficient (Wildman–Crippen LogP) is 4.36. The highest BCUT2D eigenvalue weighted by molar-refractivity contribution is 5.92. The molecule has 0 heterocycles. The van der Waals surface area contributed by atoms with Crippen molar-refractivity contribution in [2.75, 3.05) is 6.54 Å². The molecule has 1 atom stereocenters. The number of allylic oxidation sites excluding steroid dienone is 1. The second-order valence-corrected chi connectivity index (χ2v) is 6.97. The third-order valence-electron chi connectivity index (χ3n) is 4.60. The van der Waals surface area contributed by atoms with Crippen molar-refractivity contribution in [3.05, 3.63) is 47.0 Å². The highest BCUT2D eigenvalue weighted by Gasteiger charge is 2.18. The fraction of sp³-hybridized carbons (Fsp3) is 0.524. The molecule has 1 aliphatic carbocycles. The van der Waals surface area contributed by atoms with Crippen LogP contribution in [0, 0.1) is 0 Å². The van der Waals surface area contributed by atoms with E-state index in [1.54, 1.807) is 19.1 Å². The standard InChI is InChI=1S/C21H29NO3/c1-15(2)18-9-11-19(12-10-18)21(24)25-16(3)20(23)22-14-13-17-7-5-4-6-8-17/h7,9-12,15-16H,4-6,8,13-14H2,1-3H3,(H,22,23)/t16-/m1/s1. The maximum atomic E-state index is 12.2. The Morgan fingerprint density at radius 1 is 1.12 bits per heavy atom. The van der Waals surface area contributed by atoms with Gasteiger partial charge in [0.2, 0.25) is 0 Å². The fourth-order valence-corrected chi connectivity index (χ4v) is 2.91. The number of rotatable bonds is 7. The molecule has 0 radical (unpaired) electrons. The Hall–Kier alpha value is -2.10. The van der Waals surface area contributed by atoms with Crippen molar-refractivity contribution in [2.45, 2.75) is 64.9 Å². The molecule has 4 heteroatoms. The van der Waals surface area contributed by atoms with Crippen molar-refractivity contribution < 1.29 is 14.3 Å². The Labute approximate surface area is 150 Å². The first-order chi connectivity index (χ1) is 12.0. The molecule has 0 unspecified atom stereocenters. The van der Waals surface area contributed by atoms with Gasteiger partial charge in [-0.2, -0.15) is 0 Å². The van der Waals surface area contributed by atoms with Gasteiger partial charge in [0.05, 0.1) is 5.56 Å². The summed E-state index contributed by atoms with van der Waals surface area (Å²) in [5, 5.41) is 2.85. The van der Waals surface area contributed by atoms with E-state index in [9.17, 15) is 9.59 Å². The minimum absolute atomic E-state index is 0.247. The predicted molar refractivity (Wildman–Crippen MR) is 99.6 cm³/mol. The molecule has 4 nitrogen and oxygen atoms in total. The Balaban J connectivity index is 1.77. The lowest BCUT2D eigenvalue weighted by atomic mass is 9.97. The minimum atomic E-state index is -0.794. The van der Waals surface area contributed by atoms with E-state index in [0.29, 0.717) is 18.0 Å². The molecule has 0 fully saturated rings. The third kappa shape index (κ3) is 6.04. The van der Waals surface area contributed by atoms with Gasteiger partial charge in [-0.05, 0) is 62.6 Å². The van der Waals surface area contributed by atoms with E-state index in [4.69, 9.17) is 4.74 Å². The minimum Gasteiger partial charge on any atom is -0.449 e. The molecular weight excluding hydrogens is 314 g/mol. The molecule has 136 valence electrons. The number of ether oxygens (including phenoxy) is 1. The highest BCUT2D eigenvalue weighted by atomic mass is 16.5. The SMILES string of the molecule is CC(C)c1ccc(C(=O)O[C@H](C)C(=O)NCCC2=CCCCC2)cc1. The lowest BCUT2D eigenvalue weighted by molar-refractivity contribution is -0.129. The topological polar surface area (TPSA) is 55.4 Å². The van der Waals surface area contributed by atoms with Crippen LogP contribution in [0.4, 0.5) is 0 Å². The summed E-state index contributed by atoms with van der Waals surface area (Å²) in [6, 6.07) is 7.34. The van der Waals surface area contributed by atoms with Crippen molar-refractivity contribution in [1.82, 2.24) is 5.32 Å². The van der Waals surface area contributed by atoms with Crippen LogP contribution in [0.2, 0.25) is 0 Å². The maximum Gasteiger partial charge on any atom is 0.338 e. The number of nitrogens with one attached hydrogen (secondary N) is 1. The molecule has 0 saturated carbocycles. The van der Waals surface area contributed by atoms with Crippen molar-refractivity contribution in [2.24, 2.45) is 0 Å². The monoisotopic (exact) mass is 343 g/mol. The lowest BCUT2D eigenvalue weighted by Crippen LogP contribution is -2.36. The summed E-state index contributed by atoms with van der Waals surface area (Å²) in [4.78, 5) is 24.2. The Bertz CT molecular complexity index is 617. The van der Waals surface area contributed by atoms with Gasteiger partial charge >= 0.3 is 5.97 Å². The molecule has 2 rings (SSSR count). The van der Waals surface area contributed by atoms with Gasteiger partial charge in [0.25, 0.3) is 5.91 Å². The summed E-state index contributed by atoms with van der Waals surface area (Å²) in [5.74, 6) is -0.300. The summed E-state index contributed by atoms with van der Waals surface area (Å²) in [6.45, 7) is 6.40.